The van der Waals surface area contributed by atoms with E-state index in [1.54, 1.807) is 10.9 Å². The number of nitrogens with one attached hydrogen (secondary N) is 2. The van der Waals surface area contributed by atoms with Crippen LogP contribution in [0.2, 0.25) is 0 Å². The number of hydrogen-bond acceptors (Lipinski definition) is 4. The number of rotatable bonds is 4. The van der Waals surface area contributed by atoms with Crippen LogP contribution in [-0.2, 0) is 11.3 Å². The van der Waals surface area contributed by atoms with Gasteiger partial charge in [-0.05, 0) is 38.1 Å². The zero-order valence-electron chi connectivity index (χ0n) is 16.4. The molecule has 1 saturated heterocycles. The van der Waals surface area contributed by atoms with Crippen molar-refractivity contribution in [1.82, 2.24) is 30.0 Å². The molecule has 0 saturated carbocycles. The first-order valence-electron chi connectivity index (χ1n) is 10.0. The minimum Gasteiger partial charge on any atom is -0.352 e. The SMILES string of the molecule is CN1CC[C@@H](NC(=O)Cn2ncc3ccccc32)C[C@@H]1c1nc2ccccc2[nH]1. The van der Waals surface area contributed by atoms with Gasteiger partial charge in [0.1, 0.15) is 12.4 Å². The molecule has 0 bridgehead atoms. The molecule has 29 heavy (non-hydrogen) atoms. The molecule has 1 amide bonds. The van der Waals surface area contributed by atoms with Crippen LogP contribution in [0.5, 0.6) is 0 Å². The number of para-hydroxylation sites is 3. The standard InChI is InChI=1S/C22H24N6O/c1-27-11-10-16(12-20(27)22-25-17-7-3-4-8-18(17)26-22)24-21(29)14-28-19-9-5-2-6-15(19)13-23-28/h2-9,13,16,20H,10-12,14H2,1H3,(H,24,29)(H,25,26)/t16-,20-/m1/s1. The minimum absolute atomic E-state index is 0.00300. The second-order valence-corrected chi connectivity index (χ2v) is 7.79. The molecule has 7 heteroatoms. The molecule has 0 unspecified atom stereocenters. The normalized spacial score (nSPS) is 20.3. The molecule has 2 atom stereocenters. The van der Waals surface area contributed by atoms with Gasteiger partial charge < -0.3 is 10.3 Å². The molecular formula is C22H24N6O. The third-order valence-electron chi connectivity index (χ3n) is 5.80. The summed E-state index contributed by atoms with van der Waals surface area (Å²) in [4.78, 5) is 23.2. The number of likely N-dealkylation sites (tertiary alicyclic amines) is 1. The Kier molecular flexibility index (Phi) is 4.52. The van der Waals surface area contributed by atoms with Gasteiger partial charge in [-0.25, -0.2) is 4.98 Å². The Balaban J connectivity index is 1.28. The molecule has 0 spiro atoms. The van der Waals surface area contributed by atoms with Gasteiger partial charge in [0.15, 0.2) is 0 Å². The molecule has 2 aromatic carbocycles. The lowest BCUT2D eigenvalue weighted by Crippen LogP contribution is -2.46. The average molecular weight is 388 g/mol. The Morgan fingerprint density at radius 2 is 2.03 bits per heavy atom. The quantitative estimate of drug-likeness (QED) is 0.563. The maximum Gasteiger partial charge on any atom is 0.241 e. The van der Waals surface area contributed by atoms with Crippen LogP contribution in [-0.4, -0.2) is 50.2 Å². The van der Waals surface area contributed by atoms with E-state index in [0.29, 0.717) is 0 Å². The fourth-order valence-corrected chi connectivity index (χ4v) is 4.23. The average Bonchev–Trinajstić information content (AvgIpc) is 3.34. The third-order valence-corrected chi connectivity index (χ3v) is 5.80. The summed E-state index contributed by atoms with van der Waals surface area (Å²) in [5.74, 6) is 0.961. The van der Waals surface area contributed by atoms with E-state index in [4.69, 9.17) is 4.98 Å². The van der Waals surface area contributed by atoms with E-state index in [1.807, 2.05) is 48.5 Å². The minimum atomic E-state index is -0.00300. The van der Waals surface area contributed by atoms with E-state index in [2.05, 4.69) is 27.3 Å². The monoisotopic (exact) mass is 388 g/mol. The van der Waals surface area contributed by atoms with Gasteiger partial charge in [-0.15, -0.1) is 0 Å². The molecule has 2 N–H and O–H groups in total. The summed E-state index contributed by atoms with van der Waals surface area (Å²) in [7, 11) is 2.12. The Bertz CT molecular complexity index is 1130. The Morgan fingerprint density at radius 1 is 1.21 bits per heavy atom. The molecule has 0 aliphatic carbocycles. The number of H-pyrrole nitrogens is 1. The fourth-order valence-electron chi connectivity index (χ4n) is 4.23. The topological polar surface area (TPSA) is 78.8 Å². The van der Waals surface area contributed by atoms with Crippen molar-refractivity contribution >= 4 is 27.8 Å². The van der Waals surface area contributed by atoms with Crippen molar-refractivity contribution in [3.63, 3.8) is 0 Å². The molecule has 3 heterocycles. The second-order valence-electron chi connectivity index (χ2n) is 7.79. The molecule has 1 fully saturated rings. The molecule has 2 aromatic heterocycles. The highest BCUT2D eigenvalue weighted by molar-refractivity contribution is 5.82. The lowest BCUT2D eigenvalue weighted by Gasteiger charge is -2.36. The number of nitrogens with zero attached hydrogens (tertiary/aromatic N) is 4. The van der Waals surface area contributed by atoms with Crippen molar-refractivity contribution in [2.24, 2.45) is 0 Å². The van der Waals surface area contributed by atoms with Gasteiger partial charge in [0.2, 0.25) is 5.91 Å². The van der Waals surface area contributed by atoms with Crippen LogP contribution in [0.25, 0.3) is 21.9 Å². The number of aromatic amines is 1. The fraction of sp³-hybridized carbons (Fsp3) is 0.318. The highest BCUT2D eigenvalue weighted by Crippen LogP contribution is 2.29. The Morgan fingerprint density at radius 3 is 2.93 bits per heavy atom. The van der Waals surface area contributed by atoms with Crippen molar-refractivity contribution < 1.29 is 4.79 Å². The number of piperidine rings is 1. The summed E-state index contributed by atoms with van der Waals surface area (Å²) >= 11 is 0. The van der Waals surface area contributed by atoms with Gasteiger partial charge >= 0.3 is 0 Å². The van der Waals surface area contributed by atoms with E-state index in [0.717, 1.165) is 47.1 Å². The molecule has 1 aliphatic rings. The smallest absolute Gasteiger partial charge is 0.241 e. The van der Waals surface area contributed by atoms with Crippen LogP contribution in [0.1, 0.15) is 24.7 Å². The summed E-state index contributed by atoms with van der Waals surface area (Å²) in [6.07, 6.45) is 3.57. The molecule has 5 rings (SSSR count). The highest BCUT2D eigenvalue weighted by Gasteiger charge is 2.30. The molecule has 7 nitrogen and oxygen atoms in total. The van der Waals surface area contributed by atoms with Gasteiger partial charge in [-0.2, -0.15) is 5.10 Å². The van der Waals surface area contributed by atoms with E-state index in [-0.39, 0.29) is 24.5 Å². The third kappa shape index (κ3) is 3.49. The van der Waals surface area contributed by atoms with Gasteiger partial charge in [-0.3, -0.25) is 14.4 Å². The summed E-state index contributed by atoms with van der Waals surface area (Å²) < 4.78 is 1.76. The van der Waals surface area contributed by atoms with E-state index < -0.39 is 0 Å². The molecule has 148 valence electrons. The molecule has 0 radical (unpaired) electrons. The second kappa shape index (κ2) is 7.33. The predicted molar refractivity (Wildman–Crippen MR) is 112 cm³/mol. The summed E-state index contributed by atoms with van der Waals surface area (Å²) in [5.41, 5.74) is 3.01. The number of aromatic nitrogens is 4. The maximum atomic E-state index is 12.7. The molecular weight excluding hydrogens is 364 g/mol. The zero-order chi connectivity index (χ0) is 19.8. The van der Waals surface area contributed by atoms with Gasteiger partial charge in [0.25, 0.3) is 0 Å². The van der Waals surface area contributed by atoms with E-state index in [9.17, 15) is 4.79 Å². The number of hydrogen-bond donors (Lipinski definition) is 2. The van der Waals surface area contributed by atoms with Gasteiger partial charge in [-0.1, -0.05) is 30.3 Å². The number of fused-ring (bicyclic) bond motifs is 2. The predicted octanol–water partition coefficient (Wildman–Crippen LogP) is 2.86. The maximum absolute atomic E-state index is 12.7. The van der Waals surface area contributed by atoms with E-state index in [1.165, 1.54) is 0 Å². The molecule has 1 aliphatic heterocycles. The van der Waals surface area contributed by atoms with Crippen LogP contribution in [0.3, 0.4) is 0 Å². The summed E-state index contributed by atoms with van der Waals surface area (Å²) in [6.45, 7) is 1.15. The number of imidazole rings is 1. The highest BCUT2D eigenvalue weighted by atomic mass is 16.2. The van der Waals surface area contributed by atoms with Crippen molar-refractivity contribution in [2.75, 3.05) is 13.6 Å². The van der Waals surface area contributed by atoms with Crippen molar-refractivity contribution in [2.45, 2.75) is 31.5 Å². The van der Waals surface area contributed by atoms with Crippen LogP contribution in [0.4, 0.5) is 0 Å². The number of carbonyl (C=O) groups is 1. The Labute approximate surface area is 168 Å². The van der Waals surface area contributed by atoms with Crippen LogP contribution < -0.4 is 5.32 Å². The molecule has 4 aromatic rings. The first kappa shape index (κ1) is 17.9. The summed E-state index contributed by atoms with van der Waals surface area (Å²) in [6, 6.07) is 16.3. The van der Waals surface area contributed by atoms with Crippen molar-refractivity contribution in [1.29, 1.82) is 0 Å². The number of carbonyl (C=O) groups excluding carboxylic acids is 1. The first-order chi connectivity index (χ1) is 14.2. The van der Waals surface area contributed by atoms with E-state index >= 15 is 0 Å². The first-order valence-corrected chi connectivity index (χ1v) is 10.0. The lowest BCUT2D eigenvalue weighted by molar-refractivity contribution is -0.122. The summed E-state index contributed by atoms with van der Waals surface area (Å²) in [5, 5.41) is 8.61. The van der Waals surface area contributed by atoms with Crippen LogP contribution >= 0.6 is 0 Å². The largest absolute Gasteiger partial charge is 0.352 e. The zero-order valence-corrected chi connectivity index (χ0v) is 16.4. The van der Waals surface area contributed by atoms with Gasteiger partial charge in [0, 0.05) is 18.0 Å². The van der Waals surface area contributed by atoms with Crippen molar-refractivity contribution in [3.05, 3.63) is 60.6 Å². The van der Waals surface area contributed by atoms with Crippen molar-refractivity contribution in [3.8, 4) is 0 Å². The lowest BCUT2D eigenvalue weighted by atomic mass is 9.97. The number of amides is 1. The van der Waals surface area contributed by atoms with Crippen LogP contribution in [0, 0.1) is 0 Å². The van der Waals surface area contributed by atoms with Gasteiger partial charge in [0.05, 0.1) is 28.8 Å². The van der Waals surface area contributed by atoms with Crippen LogP contribution in [0.15, 0.2) is 54.7 Å². The number of benzene rings is 2. The Hall–Kier alpha value is -3.19.